The zero-order valence-electron chi connectivity index (χ0n) is 46.5. The number of rotatable bonds is 9. The molecule has 0 aromatic heterocycles. The number of aromatic hydroxyl groups is 2. The first-order valence-electron chi connectivity index (χ1n) is 27.1. The van der Waals surface area contributed by atoms with Gasteiger partial charge in [0.15, 0.2) is 11.7 Å². The minimum Gasteiger partial charge on any atom is -0.525 e. The van der Waals surface area contributed by atoms with Crippen LogP contribution in [0.15, 0.2) is 78.6 Å². The van der Waals surface area contributed by atoms with Crippen LogP contribution in [-0.2, 0) is 52.2 Å². The molecule has 0 saturated heterocycles. The largest absolute Gasteiger partial charge is 0.525 e. The SMILES string of the molecule is C=[N+]1C(c2cc(C(C)C)ccc2-c2cc(C(C)(C)C)cc(C34CC5CC(CC(C5)C3)C4)c2O)=CC(OC)=C[C-]1c1cc(C(C)C)ccc1-c1cc(C(C)(C)C)cc(C23CC4CC(CC(C4)C2)C3)c1O.[CH3-].[CH3-].[Hf]. The van der Waals surface area contributed by atoms with Gasteiger partial charge in [-0.1, -0.05) is 135 Å². The molecule has 13 rings (SSSR count). The molecule has 0 spiro atoms. The van der Waals surface area contributed by atoms with Crippen molar-refractivity contribution in [3.05, 3.63) is 144 Å². The maximum atomic E-state index is 13.0. The number of hydrogen-bond donors (Lipinski definition) is 2. The summed E-state index contributed by atoms with van der Waals surface area (Å²) in [7, 11) is 1.76. The summed E-state index contributed by atoms with van der Waals surface area (Å²) in [4.78, 5) is 0. The van der Waals surface area contributed by atoms with E-state index in [0.29, 0.717) is 11.5 Å². The van der Waals surface area contributed by atoms with Gasteiger partial charge in [0.1, 0.15) is 11.5 Å². The molecule has 2 N–H and O–H groups in total. The van der Waals surface area contributed by atoms with Crippen LogP contribution >= 0.6 is 0 Å². The number of phenolic OH excluding ortho intramolecular Hbond substituents is 2. The number of ether oxygens (including phenoxy) is 1. The van der Waals surface area contributed by atoms with E-state index in [1.807, 2.05) is 0 Å². The van der Waals surface area contributed by atoms with Gasteiger partial charge in [0.25, 0.3) is 0 Å². The van der Waals surface area contributed by atoms with E-state index >= 15 is 0 Å². The van der Waals surface area contributed by atoms with Gasteiger partial charge in [-0.3, -0.25) is 0 Å². The number of allylic oxidation sites excluding steroid dienone is 1. The number of methoxy groups -OCH3 is 1. The summed E-state index contributed by atoms with van der Waals surface area (Å²) < 4.78 is 8.40. The van der Waals surface area contributed by atoms with Gasteiger partial charge < -0.3 is 29.8 Å². The van der Waals surface area contributed by atoms with E-state index in [2.05, 4.69) is 147 Å². The van der Waals surface area contributed by atoms with Crippen LogP contribution in [0.1, 0.15) is 203 Å². The van der Waals surface area contributed by atoms with Gasteiger partial charge in [-0.2, -0.15) is 0 Å². The molecule has 1 heterocycles. The Balaban J connectivity index is 0.00000231. The second-order valence-electron chi connectivity index (χ2n) is 26.7. The molecule has 0 unspecified atom stereocenters. The standard InChI is InChI=1S/C65H81NO3.2CH3.Hf/c1-37(2)45-13-15-50(54-25-47(62(5,6)7)27-56(60(54)67)64-31-39-17-40(32-64)19-41(18-39)33-64)52(23-45)58-29-49(69-12)30-59(66(58)11)53-24-46(38(3)4)14-16-51(53)55-26-48(63(8,9)10)28-57(61(55)68)65-34-42-20-43(35-65)22-44(21-42)36-65;;;/h13-16,23-30,37-44,67-68H,11,17-22,31-36H2,1-10,12H3;2*1H3;/q;2*-1;. The topological polar surface area (TPSA) is 52.7 Å². The Kier molecular flexibility index (Phi) is 14.7. The molecule has 8 saturated carbocycles. The monoisotopic (exact) mass is 1130 g/mol. The molecule has 8 fully saturated rings. The van der Waals surface area contributed by atoms with Gasteiger partial charge in [0, 0.05) is 48.1 Å². The first kappa shape index (κ1) is 54.4. The van der Waals surface area contributed by atoms with Crippen LogP contribution < -0.4 is 0 Å². The molecule has 8 aliphatic carbocycles. The van der Waals surface area contributed by atoms with Crippen LogP contribution in [0.25, 0.3) is 28.0 Å². The van der Waals surface area contributed by atoms with Crippen molar-refractivity contribution in [1.29, 1.82) is 0 Å². The number of benzene rings is 4. The van der Waals surface area contributed by atoms with E-state index in [4.69, 9.17) is 11.5 Å². The van der Waals surface area contributed by atoms with Crippen molar-refractivity contribution in [2.45, 2.75) is 180 Å². The van der Waals surface area contributed by atoms with Gasteiger partial charge in [-0.25, -0.2) is 4.58 Å². The summed E-state index contributed by atoms with van der Waals surface area (Å²) in [5.74, 6) is 6.81. The van der Waals surface area contributed by atoms with Crippen LogP contribution in [0.4, 0.5) is 0 Å². The fourth-order valence-electron chi connectivity index (χ4n) is 16.1. The third-order valence-electron chi connectivity index (χ3n) is 19.1. The average Bonchev–Trinajstić information content (AvgIpc) is 3.27. The smallest absolute Gasteiger partial charge is 0.164 e. The zero-order valence-corrected chi connectivity index (χ0v) is 50.1. The maximum Gasteiger partial charge on any atom is 0.164 e. The average molecular weight is 1130 g/mol. The Labute approximate surface area is 455 Å². The van der Waals surface area contributed by atoms with Crippen molar-refractivity contribution in [3.63, 3.8) is 0 Å². The minimum atomic E-state index is -0.115. The fraction of sp³-hybridized carbons (Fsp3) is 0.522. The summed E-state index contributed by atoms with van der Waals surface area (Å²) in [6.07, 6.45) is 19.6. The molecule has 9 aliphatic rings. The van der Waals surface area contributed by atoms with Gasteiger partial charge in [-0.15, -0.1) is 0 Å². The van der Waals surface area contributed by atoms with E-state index in [0.717, 1.165) is 86.4 Å². The molecule has 0 radical (unpaired) electrons. The Morgan fingerprint density at radius 2 is 0.958 bits per heavy atom. The first-order chi connectivity index (χ1) is 32.6. The molecule has 0 atom stereocenters. The van der Waals surface area contributed by atoms with Gasteiger partial charge >= 0.3 is 0 Å². The second-order valence-corrected chi connectivity index (χ2v) is 26.7. The second kappa shape index (κ2) is 19.4. The Bertz CT molecular complexity index is 2740. The molecular weight excluding hydrogens is 1050 g/mol. The van der Waals surface area contributed by atoms with Crippen LogP contribution in [-0.4, -0.2) is 28.6 Å². The molecule has 4 nitrogen and oxygen atoms in total. The van der Waals surface area contributed by atoms with E-state index in [-0.39, 0.29) is 74.2 Å². The summed E-state index contributed by atoms with van der Waals surface area (Å²) in [6, 6.07) is 24.1. The third kappa shape index (κ3) is 9.26. The summed E-state index contributed by atoms with van der Waals surface area (Å²) in [5.41, 5.74) is 14.0. The molecule has 8 bridgehead atoms. The zero-order chi connectivity index (χ0) is 48.7. The Morgan fingerprint density at radius 3 is 1.35 bits per heavy atom. The molecular formula is C67H87HfNO3-2. The van der Waals surface area contributed by atoms with Crippen molar-refractivity contribution in [2.24, 2.45) is 35.5 Å². The van der Waals surface area contributed by atoms with Gasteiger partial charge in [-0.05, 0) is 198 Å². The molecule has 1 aliphatic heterocycles. The first-order valence-corrected chi connectivity index (χ1v) is 27.1. The van der Waals surface area contributed by atoms with E-state index in [1.165, 1.54) is 110 Å². The number of phenols is 2. The summed E-state index contributed by atoms with van der Waals surface area (Å²) in [6.45, 7) is 27.9. The van der Waals surface area contributed by atoms with Crippen molar-refractivity contribution in [3.8, 4) is 33.8 Å². The predicted molar refractivity (Wildman–Crippen MR) is 298 cm³/mol. The Morgan fingerprint density at radius 1 is 0.569 bits per heavy atom. The third-order valence-corrected chi connectivity index (χ3v) is 19.1. The van der Waals surface area contributed by atoms with E-state index < -0.39 is 0 Å². The Hall–Kier alpha value is -3.83. The van der Waals surface area contributed by atoms with E-state index in [1.54, 1.807) is 7.11 Å². The normalized spacial score (nSPS) is 28.1. The van der Waals surface area contributed by atoms with Crippen molar-refractivity contribution >= 4 is 12.4 Å². The van der Waals surface area contributed by atoms with E-state index in [9.17, 15) is 10.2 Å². The molecule has 5 heteroatoms. The minimum absolute atomic E-state index is 0. The maximum absolute atomic E-state index is 13.0. The van der Waals surface area contributed by atoms with Gasteiger partial charge in [0.05, 0.1) is 19.6 Å². The van der Waals surface area contributed by atoms with Crippen LogP contribution in [0, 0.1) is 56.4 Å². The van der Waals surface area contributed by atoms with Gasteiger partial charge in [0.2, 0.25) is 0 Å². The summed E-state index contributed by atoms with van der Waals surface area (Å²) >= 11 is 0. The fourth-order valence-corrected chi connectivity index (χ4v) is 16.1. The van der Waals surface area contributed by atoms with Crippen molar-refractivity contribution in [1.82, 2.24) is 0 Å². The molecule has 4 aromatic carbocycles. The van der Waals surface area contributed by atoms with Crippen molar-refractivity contribution < 1.29 is 45.4 Å². The van der Waals surface area contributed by atoms with Crippen molar-refractivity contribution in [2.75, 3.05) is 7.11 Å². The van der Waals surface area contributed by atoms with Crippen LogP contribution in [0.3, 0.4) is 0 Å². The van der Waals surface area contributed by atoms with Crippen LogP contribution in [0.2, 0.25) is 0 Å². The molecule has 72 heavy (non-hydrogen) atoms. The summed E-state index contributed by atoms with van der Waals surface area (Å²) in [5, 5.41) is 26.0. The molecule has 4 aromatic rings. The number of nitrogens with zero attached hydrogens (tertiary/aromatic N) is 1. The van der Waals surface area contributed by atoms with Crippen LogP contribution in [0.5, 0.6) is 11.5 Å². The molecule has 384 valence electrons. The quantitative estimate of drug-likeness (QED) is 0.0998. The molecule has 0 amide bonds. The number of hydrogen-bond acceptors (Lipinski definition) is 3. The predicted octanol–water partition coefficient (Wildman–Crippen LogP) is 17.3.